The van der Waals surface area contributed by atoms with E-state index in [-0.39, 0.29) is 29.7 Å². The van der Waals surface area contributed by atoms with Crippen LogP contribution < -0.4 is 16.0 Å². The van der Waals surface area contributed by atoms with Crippen LogP contribution in [0.3, 0.4) is 0 Å². The SMILES string of the molecule is CC(C)[C@H](NC(=O)O)C(=O)N1CCC[C@H]1C(=O)Nc1cn2cc(-c3cnc([C@@H]4CCCN4C(=O)[C@@H](NC(=O)O)C(C)C)[nH]3)sc2n1. The molecule has 2 saturated heterocycles. The van der Waals surface area contributed by atoms with Gasteiger partial charge < -0.3 is 40.9 Å². The number of carbonyl (C=O) groups is 5. The Balaban J connectivity index is 1.26. The summed E-state index contributed by atoms with van der Waals surface area (Å²) in [5.41, 5.74) is 0.731. The van der Waals surface area contributed by atoms with Crippen LogP contribution in [-0.4, -0.2) is 100 Å². The van der Waals surface area contributed by atoms with Crippen LogP contribution in [-0.2, 0) is 14.4 Å². The molecule has 0 unspecified atom stereocenters. The molecule has 4 atom stereocenters. The number of likely N-dealkylation sites (tertiary alicyclic amines) is 2. The number of nitrogens with one attached hydrogen (secondary N) is 4. The minimum atomic E-state index is -1.29. The van der Waals surface area contributed by atoms with Crippen LogP contribution >= 0.6 is 11.3 Å². The number of carbonyl (C=O) groups excluding carboxylic acids is 3. The molecule has 5 heterocycles. The summed E-state index contributed by atoms with van der Waals surface area (Å²) in [4.78, 5) is 79.1. The fourth-order valence-corrected chi connectivity index (χ4v) is 7.02. The smallest absolute Gasteiger partial charge is 0.405 e. The van der Waals surface area contributed by atoms with E-state index in [9.17, 15) is 29.1 Å². The first-order chi connectivity index (χ1) is 21.8. The molecule has 0 spiro atoms. The van der Waals surface area contributed by atoms with E-state index in [0.29, 0.717) is 49.0 Å². The van der Waals surface area contributed by atoms with Crippen molar-refractivity contribution < 1.29 is 34.2 Å². The van der Waals surface area contributed by atoms with Gasteiger partial charge in [-0.05, 0) is 37.5 Å². The minimum Gasteiger partial charge on any atom is -0.465 e. The van der Waals surface area contributed by atoms with Gasteiger partial charge in [-0.1, -0.05) is 39.0 Å². The Kier molecular flexibility index (Phi) is 9.50. The third kappa shape index (κ3) is 6.78. The summed E-state index contributed by atoms with van der Waals surface area (Å²) in [7, 11) is 0. The normalized spacial score (nSPS) is 19.5. The third-order valence-corrected chi connectivity index (χ3v) is 9.41. The van der Waals surface area contributed by atoms with E-state index in [4.69, 9.17) is 5.11 Å². The summed E-state index contributed by atoms with van der Waals surface area (Å²) < 4.78 is 1.77. The average molecular weight is 658 g/mol. The number of H-pyrrole nitrogens is 1. The Morgan fingerprint density at radius 2 is 1.52 bits per heavy atom. The van der Waals surface area contributed by atoms with Crippen molar-refractivity contribution >= 4 is 52.0 Å². The molecular weight excluding hydrogens is 618 g/mol. The molecule has 46 heavy (non-hydrogen) atoms. The number of anilines is 1. The van der Waals surface area contributed by atoms with Crippen LogP contribution in [0.15, 0.2) is 18.6 Å². The van der Waals surface area contributed by atoms with Gasteiger partial charge in [0.15, 0.2) is 10.8 Å². The Bertz CT molecular complexity index is 1600. The van der Waals surface area contributed by atoms with Gasteiger partial charge in [0.2, 0.25) is 17.7 Å². The number of imidazole rings is 2. The van der Waals surface area contributed by atoms with Gasteiger partial charge >= 0.3 is 12.2 Å². The van der Waals surface area contributed by atoms with Crippen molar-refractivity contribution in [2.75, 3.05) is 18.4 Å². The van der Waals surface area contributed by atoms with Crippen LogP contribution in [0.5, 0.6) is 0 Å². The van der Waals surface area contributed by atoms with E-state index < -0.39 is 36.2 Å². The van der Waals surface area contributed by atoms with E-state index in [1.807, 2.05) is 6.20 Å². The zero-order chi connectivity index (χ0) is 33.3. The predicted octanol–water partition coefficient (Wildman–Crippen LogP) is 2.96. The summed E-state index contributed by atoms with van der Waals surface area (Å²) in [6, 6.07) is -2.84. The van der Waals surface area contributed by atoms with Crippen molar-refractivity contribution in [2.24, 2.45) is 11.8 Å². The lowest BCUT2D eigenvalue weighted by atomic mass is 10.0. The molecule has 2 fully saturated rings. The quantitative estimate of drug-likeness (QED) is 0.189. The second-order valence-corrected chi connectivity index (χ2v) is 13.3. The van der Waals surface area contributed by atoms with Crippen LogP contribution in [0.2, 0.25) is 0 Å². The standard InChI is InChI=1S/C29H39N9O7S/c1-14(2)21(34-28(42)43)25(40)37-9-5-7-17(37)23-30-11-16(31-23)19-12-36-13-20(33-27(36)46-19)32-24(39)18-8-6-10-38(18)26(41)22(15(3)4)35-29(44)45/h11-15,17-18,21-22,34-35H,5-10H2,1-4H3,(H,30,31)(H,32,39)(H,42,43)(H,44,45)/t17-,18-,21-,22-/m0/s1. The second-order valence-electron chi connectivity index (χ2n) is 12.3. The van der Waals surface area contributed by atoms with Crippen LogP contribution in [0.1, 0.15) is 65.2 Å². The van der Waals surface area contributed by atoms with Crippen molar-refractivity contribution in [1.82, 2.24) is 39.8 Å². The highest BCUT2D eigenvalue weighted by Gasteiger charge is 2.39. The van der Waals surface area contributed by atoms with Crippen molar-refractivity contribution in [1.29, 1.82) is 0 Å². The van der Waals surface area contributed by atoms with Gasteiger partial charge in [0, 0.05) is 19.3 Å². The fourth-order valence-electron chi connectivity index (χ4n) is 6.09. The molecule has 3 aromatic rings. The molecule has 5 rings (SSSR count). The number of aromatic amines is 1. The number of hydrogen-bond acceptors (Lipinski definition) is 8. The van der Waals surface area contributed by atoms with Gasteiger partial charge in [0.25, 0.3) is 0 Å². The topological polar surface area (TPSA) is 214 Å². The summed E-state index contributed by atoms with van der Waals surface area (Å²) in [6.07, 6.45) is 5.23. The van der Waals surface area contributed by atoms with Crippen molar-refractivity contribution in [3.63, 3.8) is 0 Å². The highest BCUT2D eigenvalue weighted by Crippen LogP contribution is 2.34. The average Bonchev–Trinajstić information content (AvgIpc) is 3.80. The largest absolute Gasteiger partial charge is 0.465 e. The molecule has 16 nitrogen and oxygen atoms in total. The molecule has 0 saturated carbocycles. The minimum absolute atomic E-state index is 0.216. The Hall–Kier alpha value is -4.67. The highest BCUT2D eigenvalue weighted by molar-refractivity contribution is 7.20. The molecule has 2 aliphatic heterocycles. The molecule has 0 aliphatic carbocycles. The maximum atomic E-state index is 13.3. The fraction of sp³-hybridized carbons (Fsp3) is 0.552. The Labute approximate surface area is 268 Å². The molecule has 6 N–H and O–H groups in total. The summed E-state index contributed by atoms with van der Waals surface area (Å²) in [5.74, 6) is -0.646. The van der Waals surface area contributed by atoms with E-state index in [1.165, 1.54) is 16.2 Å². The van der Waals surface area contributed by atoms with Crippen molar-refractivity contribution in [2.45, 2.75) is 77.5 Å². The zero-order valence-electron chi connectivity index (χ0n) is 26.0. The van der Waals surface area contributed by atoms with Gasteiger partial charge in [0.1, 0.15) is 23.9 Å². The van der Waals surface area contributed by atoms with Crippen molar-refractivity contribution in [3.05, 3.63) is 24.4 Å². The zero-order valence-corrected chi connectivity index (χ0v) is 26.8. The third-order valence-electron chi connectivity index (χ3n) is 8.38. The number of hydrogen-bond donors (Lipinski definition) is 6. The second kappa shape index (κ2) is 13.4. The van der Waals surface area contributed by atoms with E-state index in [1.54, 1.807) is 49.4 Å². The van der Waals surface area contributed by atoms with Gasteiger partial charge in [-0.15, -0.1) is 0 Å². The number of thiazole rings is 1. The molecule has 2 aliphatic rings. The van der Waals surface area contributed by atoms with Crippen LogP contribution in [0, 0.1) is 11.8 Å². The first-order valence-electron chi connectivity index (χ1n) is 15.3. The lowest BCUT2D eigenvalue weighted by Crippen LogP contribution is -2.54. The van der Waals surface area contributed by atoms with E-state index in [2.05, 4.69) is 30.9 Å². The van der Waals surface area contributed by atoms with Gasteiger partial charge in [-0.25, -0.2) is 19.6 Å². The van der Waals surface area contributed by atoms with Gasteiger partial charge in [-0.3, -0.25) is 18.8 Å². The van der Waals surface area contributed by atoms with Crippen molar-refractivity contribution in [3.8, 4) is 10.6 Å². The number of fused-ring (bicyclic) bond motifs is 1. The molecule has 0 bridgehead atoms. The molecule has 248 valence electrons. The number of rotatable bonds is 10. The van der Waals surface area contributed by atoms with E-state index >= 15 is 0 Å². The van der Waals surface area contributed by atoms with Crippen LogP contribution in [0.4, 0.5) is 15.4 Å². The van der Waals surface area contributed by atoms with Gasteiger partial charge in [0.05, 0.1) is 29.0 Å². The number of carboxylic acid groups (broad SMARTS) is 2. The predicted molar refractivity (Wildman–Crippen MR) is 167 cm³/mol. The molecule has 5 amide bonds. The monoisotopic (exact) mass is 657 g/mol. The summed E-state index contributed by atoms with van der Waals surface area (Å²) in [5, 5.41) is 25.8. The lowest BCUT2D eigenvalue weighted by Gasteiger charge is -2.29. The first kappa shape index (κ1) is 32.7. The molecule has 3 aromatic heterocycles. The first-order valence-corrected chi connectivity index (χ1v) is 16.1. The maximum absolute atomic E-state index is 13.3. The lowest BCUT2D eigenvalue weighted by molar-refractivity contribution is -0.139. The number of aromatic nitrogens is 4. The molecule has 0 aromatic carbocycles. The molecule has 0 radical (unpaired) electrons. The van der Waals surface area contributed by atoms with Crippen LogP contribution in [0.25, 0.3) is 15.5 Å². The van der Waals surface area contributed by atoms with E-state index in [0.717, 1.165) is 17.0 Å². The number of nitrogens with zero attached hydrogens (tertiary/aromatic N) is 5. The van der Waals surface area contributed by atoms with Gasteiger partial charge in [-0.2, -0.15) is 0 Å². The summed E-state index contributed by atoms with van der Waals surface area (Å²) >= 11 is 1.37. The molecule has 17 heteroatoms. The summed E-state index contributed by atoms with van der Waals surface area (Å²) in [6.45, 7) is 7.96. The molecular formula is C29H39N9O7S. The Morgan fingerprint density at radius 1 is 0.913 bits per heavy atom. The maximum Gasteiger partial charge on any atom is 0.405 e. The Morgan fingerprint density at radius 3 is 2.13 bits per heavy atom. The highest BCUT2D eigenvalue weighted by atomic mass is 32.1. The number of amides is 5.